The van der Waals surface area contributed by atoms with E-state index in [1.165, 1.54) is 11.8 Å². The van der Waals surface area contributed by atoms with Gasteiger partial charge < -0.3 is 9.64 Å². The Bertz CT molecular complexity index is 416. The SMILES string of the molecule is COc1ccc(C(=O)CCSC(=S)N(C)C)cc1. The van der Waals surface area contributed by atoms with Crippen molar-refractivity contribution >= 4 is 34.1 Å². The molecule has 3 nitrogen and oxygen atoms in total. The summed E-state index contributed by atoms with van der Waals surface area (Å²) >= 11 is 6.67. The Balaban J connectivity index is 2.43. The van der Waals surface area contributed by atoms with Gasteiger partial charge in [-0.3, -0.25) is 4.79 Å². The molecule has 1 rings (SSSR count). The second-order valence-electron chi connectivity index (χ2n) is 3.91. The van der Waals surface area contributed by atoms with Crippen molar-refractivity contribution in [3.05, 3.63) is 29.8 Å². The summed E-state index contributed by atoms with van der Waals surface area (Å²) < 4.78 is 5.85. The number of Topliss-reactive ketones (excluding diaryl/α,β-unsaturated/α-hetero) is 1. The van der Waals surface area contributed by atoms with Crippen molar-refractivity contribution < 1.29 is 9.53 Å². The third kappa shape index (κ3) is 4.66. The number of methoxy groups -OCH3 is 1. The van der Waals surface area contributed by atoms with Gasteiger partial charge in [0.2, 0.25) is 0 Å². The minimum absolute atomic E-state index is 0.131. The topological polar surface area (TPSA) is 29.5 Å². The first-order valence-electron chi connectivity index (χ1n) is 5.56. The average Bonchev–Trinajstić information content (AvgIpc) is 2.38. The van der Waals surface area contributed by atoms with Crippen molar-refractivity contribution in [2.75, 3.05) is 27.0 Å². The molecule has 0 amide bonds. The molecular formula is C13H17NO2S2. The second-order valence-corrected chi connectivity index (χ2v) is 5.64. The van der Waals surface area contributed by atoms with E-state index in [4.69, 9.17) is 17.0 Å². The van der Waals surface area contributed by atoms with Gasteiger partial charge in [-0.1, -0.05) is 24.0 Å². The minimum atomic E-state index is 0.131. The number of ether oxygens (including phenoxy) is 1. The molecule has 0 N–H and O–H groups in total. The minimum Gasteiger partial charge on any atom is -0.497 e. The molecule has 1 aromatic carbocycles. The summed E-state index contributed by atoms with van der Waals surface area (Å²) in [4.78, 5) is 13.8. The highest BCUT2D eigenvalue weighted by atomic mass is 32.2. The maximum absolute atomic E-state index is 11.9. The van der Waals surface area contributed by atoms with E-state index in [0.29, 0.717) is 17.7 Å². The molecule has 5 heteroatoms. The summed E-state index contributed by atoms with van der Waals surface area (Å²) in [6.45, 7) is 0. The molecule has 0 aromatic heterocycles. The van der Waals surface area contributed by atoms with Gasteiger partial charge >= 0.3 is 0 Å². The lowest BCUT2D eigenvalue weighted by molar-refractivity contribution is 0.0989. The fourth-order valence-corrected chi connectivity index (χ4v) is 2.25. The summed E-state index contributed by atoms with van der Waals surface area (Å²) in [5.74, 6) is 1.60. The summed E-state index contributed by atoms with van der Waals surface area (Å²) in [6, 6.07) is 7.17. The lowest BCUT2D eigenvalue weighted by Crippen LogP contribution is -2.16. The Labute approximate surface area is 118 Å². The predicted molar refractivity (Wildman–Crippen MR) is 80.7 cm³/mol. The van der Waals surface area contributed by atoms with Gasteiger partial charge in [0.25, 0.3) is 0 Å². The van der Waals surface area contributed by atoms with Crippen LogP contribution < -0.4 is 4.74 Å². The van der Waals surface area contributed by atoms with Crippen LogP contribution in [-0.4, -0.2) is 42.0 Å². The molecular weight excluding hydrogens is 266 g/mol. The van der Waals surface area contributed by atoms with E-state index in [0.717, 1.165) is 10.1 Å². The van der Waals surface area contributed by atoms with Crippen LogP contribution in [0.5, 0.6) is 5.75 Å². The Hall–Kier alpha value is -1.07. The highest BCUT2D eigenvalue weighted by Crippen LogP contribution is 2.15. The standard InChI is InChI=1S/C13H17NO2S2/c1-14(2)13(17)18-9-8-12(15)10-4-6-11(16-3)7-5-10/h4-7H,8-9H2,1-3H3. The third-order valence-corrected chi connectivity index (χ3v) is 4.07. The number of carbonyl (C=O) groups excluding carboxylic acids is 1. The maximum Gasteiger partial charge on any atom is 0.163 e. The van der Waals surface area contributed by atoms with Crippen molar-refractivity contribution in [3.8, 4) is 5.75 Å². The first-order valence-corrected chi connectivity index (χ1v) is 6.95. The van der Waals surface area contributed by atoms with Crippen LogP contribution in [-0.2, 0) is 0 Å². The van der Waals surface area contributed by atoms with Crippen LogP contribution in [0.25, 0.3) is 0 Å². The van der Waals surface area contributed by atoms with E-state index in [2.05, 4.69) is 0 Å². The number of ketones is 1. The van der Waals surface area contributed by atoms with Crippen LogP contribution in [0.15, 0.2) is 24.3 Å². The van der Waals surface area contributed by atoms with Gasteiger partial charge in [0.1, 0.15) is 10.1 Å². The molecule has 0 unspecified atom stereocenters. The highest BCUT2D eigenvalue weighted by Gasteiger charge is 2.07. The Kier molecular flexibility index (Phi) is 6.15. The zero-order valence-electron chi connectivity index (χ0n) is 10.8. The fraction of sp³-hybridized carbons (Fsp3) is 0.385. The van der Waals surface area contributed by atoms with Crippen molar-refractivity contribution in [1.82, 2.24) is 4.90 Å². The first-order chi connectivity index (χ1) is 8.54. The summed E-state index contributed by atoms with van der Waals surface area (Å²) in [6.07, 6.45) is 0.491. The van der Waals surface area contributed by atoms with E-state index in [-0.39, 0.29) is 5.78 Å². The van der Waals surface area contributed by atoms with Crippen LogP contribution in [0.1, 0.15) is 16.8 Å². The number of hydrogen-bond acceptors (Lipinski definition) is 4. The van der Waals surface area contributed by atoms with Gasteiger partial charge in [0.15, 0.2) is 5.78 Å². The van der Waals surface area contributed by atoms with Crippen LogP contribution in [0.4, 0.5) is 0 Å². The van der Waals surface area contributed by atoms with E-state index in [1.807, 2.05) is 19.0 Å². The largest absolute Gasteiger partial charge is 0.497 e. The molecule has 0 fully saturated rings. The molecule has 98 valence electrons. The van der Waals surface area contributed by atoms with E-state index >= 15 is 0 Å². The van der Waals surface area contributed by atoms with Crippen molar-refractivity contribution in [1.29, 1.82) is 0 Å². The van der Waals surface area contributed by atoms with Crippen molar-refractivity contribution in [2.24, 2.45) is 0 Å². The highest BCUT2D eigenvalue weighted by molar-refractivity contribution is 8.22. The quantitative estimate of drug-likeness (QED) is 0.612. The monoisotopic (exact) mass is 283 g/mol. The number of benzene rings is 1. The molecule has 0 bridgehead atoms. The van der Waals surface area contributed by atoms with Gasteiger partial charge in [0, 0.05) is 31.8 Å². The van der Waals surface area contributed by atoms with Gasteiger partial charge in [-0.2, -0.15) is 0 Å². The number of hydrogen-bond donors (Lipinski definition) is 0. The maximum atomic E-state index is 11.9. The molecule has 0 aliphatic rings. The van der Waals surface area contributed by atoms with Gasteiger partial charge in [-0.05, 0) is 24.3 Å². The van der Waals surface area contributed by atoms with Crippen LogP contribution in [0.2, 0.25) is 0 Å². The third-order valence-electron chi connectivity index (χ3n) is 2.33. The van der Waals surface area contributed by atoms with Gasteiger partial charge in [-0.25, -0.2) is 0 Å². The molecule has 0 saturated heterocycles. The molecule has 1 aromatic rings. The van der Waals surface area contributed by atoms with Gasteiger partial charge in [0.05, 0.1) is 7.11 Å². The number of thiocarbonyl (C=S) groups is 1. The summed E-state index contributed by atoms with van der Waals surface area (Å²) in [7, 11) is 5.41. The summed E-state index contributed by atoms with van der Waals surface area (Å²) in [5, 5.41) is 0. The number of nitrogens with zero attached hydrogens (tertiary/aromatic N) is 1. The molecule has 0 saturated carbocycles. The van der Waals surface area contributed by atoms with E-state index < -0.39 is 0 Å². The Morgan fingerprint density at radius 1 is 1.33 bits per heavy atom. The molecule has 0 aliphatic heterocycles. The fourth-order valence-electron chi connectivity index (χ4n) is 1.28. The first kappa shape index (κ1) is 15.0. The summed E-state index contributed by atoms with van der Waals surface area (Å²) in [5.41, 5.74) is 0.715. The number of carbonyl (C=O) groups is 1. The normalized spacial score (nSPS) is 9.94. The van der Waals surface area contributed by atoms with Crippen LogP contribution >= 0.6 is 24.0 Å². The van der Waals surface area contributed by atoms with Crippen LogP contribution in [0.3, 0.4) is 0 Å². The molecule has 0 aliphatic carbocycles. The Morgan fingerprint density at radius 3 is 2.44 bits per heavy atom. The number of rotatable bonds is 5. The average molecular weight is 283 g/mol. The van der Waals surface area contributed by atoms with Gasteiger partial charge in [-0.15, -0.1) is 0 Å². The molecule has 0 heterocycles. The molecule has 18 heavy (non-hydrogen) atoms. The Morgan fingerprint density at radius 2 is 1.94 bits per heavy atom. The predicted octanol–water partition coefficient (Wildman–Crippen LogP) is 2.85. The zero-order valence-corrected chi connectivity index (χ0v) is 12.4. The molecule has 0 spiro atoms. The van der Waals surface area contributed by atoms with Crippen LogP contribution in [0, 0.1) is 0 Å². The van der Waals surface area contributed by atoms with E-state index in [9.17, 15) is 4.79 Å². The lowest BCUT2D eigenvalue weighted by atomic mass is 10.1. The zero-order chi connectivity index (χ0) is 13.5. The number of thioether (sulfide) groups is 1. The van der Waals surface area contributed by atoms with E-state index in [1.54, 1.807) is 31.4 Å². The van der Waals surface area contributed by atoms with Crippen molar-refractivity contribution in [2.45, 2.75) is 6.42 Å². The molecule has 0 radical (unpaired) electrons. The lowest BCUT2D eigenvalue weighted by Gasteiger charge is -2.12. The molecule has 0 atom stereocenters. The second kappa shape index (κ2) is 7.38. The smallest absolute Gasteiger partial charge is 0.163 e. The van der Waals surface area contributed by atoms with Crippen molar-refractivity contribution in [3.63, 3.8) is 0 Å².